The molecule has 0 radical (unpaired) electrons. The summed E-state index contributed by atoms with van der Waals surface area (Å²) in [7, 11) is 0. The third kappa shape index (κ3) is 5.37. The van der Waals surface area contributed by atoms with Crippen LogP contribution in [-0.4, -0.2) is 11.4 Å². The Hall–Kier alpha value is -1.83. The molecule has 1 unspecified atom stereocenters. The number of allylic oxidation sites excluding steroid dienone is 2. The first-order chi connectivity index (χ1) is 16.0. The molecule has 2 heteroatoms. The maximum Gasteiger partial charge on any atom is 0.206 e. The molecule has 3 bridgehead atoms. The van der Waals surface area contributed by atoms with Gasteiger partial charge in [-0.3, -0.25) is 4.79 Å². The summed E-state index contributed by atoms with van der Waals surface area (Å²) in [6.07, 6.45) is 18.0. The molecular weight excluding hydrogens is 416 g/mol. The van der Waals surface area contributed by atoms with Crippen LogP contribution >= 0.6 is 0 Å². The van der Waals surface area contributed by atoms with Crippen molar-refractivity contribution in [3.8, 4) is 5.75 Å². The second-order valence-corrected chi connectivity index (χ2v) is 13.0. The van der Waals surface area contributed by atoms with Crippen molar-refractivity contribution >= 4 is 5.78 Å². The van der Waals surface area contributed by atoms with E-state index in [9.17, 15) is 4.79 Å². The molecule has 0 N–H and O–H groups in total. The topological polar surface area (TPSA) is 26.3 Å². The number of rotatable bonds is 0. The van der Waals surface area contributed by atoms with Crippen molar-refractivity contribution in [2.45, 2.75) is 130 Å². The van der Waals surface area contributed by atoms with E-state index in [1.807, 2.05) is 0 Å². The predicted molar refractivity (Wildman–Crippen MR) is 143 cm³/mol. The maximum atomic E-state index is 14.0. The van der Waals surface area contributed by atoms with Gasteiger partial charge in [-0.15, -0.1) is 0 Å². The van der Waals surface area contributed by atoms with Crippen molar-refractivity contribution in [3.05, 3.63) is 52.1 Å². The van der Waals surface area contributed by atoms with E-state index in [0.717, 1.165) is 43.4 Å². The molecule has 186 valence electrons. The highest BCUT2D eigenvalue weighted by molar-refractivity contribution is 6.05. The Labute approximate surface area is 208 Å². The second-order valence-electron chi connectivity index (χ2n) is 13.0. The summed E-state index contributed by atoms with van der Waals surface area (Å²) >= 11 is 0. The molecule has 34 heavy (non-hydrogen) atoms. The van der Waals surface area contributed by atoms with Crippen LogP contribution in [0.25, 0.3) is 0 Å². The minimum Gasteiger partial charge on any atom is -0.474 e. The highest BCUT2D eigenvalue weighted by atomic mass is 16.5. The minimum absolute atomic E-state index is 0.0116. The van der Waals surface area contributed by atoms with Gasteiger partial charge in [-0.25, -0.2) is 0 Å². The van der Waals surface area contributed by atoms with Crippen LogP contribution in [0.5, 0.6) is 5.75 Å². The standard InChI is InChI=1S/C32H46O2/c1-30(2,3)26-19-23-15-13-11-9-7-8-10-12-14-16-25-21-27(31(4,5)6)22-32(29(25)33)18-17-24(20-26)28(23)34-32/h19-22H,7-18H2,1-6H3. The average Bonchev–Trinajstić information content (AvgIpc) is 2.75. The molecule has 0 fully saturated rings. The summed E-state index contributed by atoms with van der Waals surface area (Å²) in [5, 5.41) is 0. The fourth-order valence-corrected chi connectivity index (χ4v) is 5.70. The third-order valence-corrected chi connectivity index (χ3v) is 8.06. The van der Waals surface area contributed by atoms with Gasteiger partial charge in [0.15, 0.2) is 5.60 Å². The first-order valence-electron chi connectivity index (χ1n) is 13.8. The van der Waals surface area contributed by atoms with E-state index in [1.54, 1.807) is 0 Å². The van der Waals surface area contributed by atoms with E-state index in [4.69, 9.17) is 4.74 Å². The van der Waals surface area contributed by atoms with Gasteiger partial charge in [0.2, 0.25) is 5.78 Å². The van der Waals surface area contributed by atoms with Crippen molar-refractivity contribution in [1.29, 1.82) is 0 Å². The molecular formula is C32H46O2. The van der Waals surface area contributed by atoms with Crippen molar-refractivity contribution in [1.82, 2.24) is 0 Å². The molecule has 2 heterocycles. The van der Waals surface area contributed by atoms with Gasteiger partial charge in [0, 0.05) is 12.0 Å². The van der Waals surface area contributed by atoms with Crippen molar-refractivity contribution < 1.29 is 9.53 Å². The van der Waals surface area contributed by atoms with Gasteiger partial charge >= 0.3 is 0 Å². The van der Waals surface area contributed by atoms with E-state index in [0.29, 0.717) is 0 Å². The molecule has 0 saturated carbocycles. The normalized spacial score (nSPS) is 24.7. The average molecular weight is 463 g/mol. The summed E-state index contributed by atoms with van der Waals surface area (Å²) in [5.41, 5.74) is 5.47. The predicted octanol–water partition coefficient (Wildman–Crippen LogP) is 8.60. The molecule has 4 rings (SSSR count). The zero-order valence-electron chi connectivity index (χ0n) is 22.6. The van der Waals surface area contributed by atoms with Gasteiger partial charge < -0.3 is 4.74 Å². The number of hydrogen-bond acceptors (Lipinski definition) is 2. The summed E-state index contributed by atoms with van der Waals surface area (Å²) < 4.78 is 6.91. The van der Waals surface area contributed by atoms with Crippen LogP contribution in [-0.2, 0) is 23.1 Å². The van der Waals surface area contributed by atoms with E-state index in [2.05, 4.69) is 65.8 Å². The molecule has 1 aromatic rings. The highest BCUT2D eigenvalue weighted by Crippen LogP contribution is 2.45. The molecule has 1 spiro atoms. The summed E-state index contributed by atoms with van der Waals surface area (Å²) in [4.78, 5) is 14.0. The number of carbonyl (C=O) groups excluding carboxylic acids is 1. The first kappa shape index (κ1) is 25.3. The quantitative estimate of drug-likeness (QED) is 0.386. The number of benzene rings is 1. The summed E-state index contributed by atoms with van der Waals surface area (Å²) in [5.74, 6) is 1.22. The maximum absolute atomic E-state index is 14.0. The molecule has 1 atom stereocenters. The Bertz CT molecular complexity index is 979. The van der Waals surface area contributed by atoms with Crippen LogP contribution in [0, 0.1) is 5.41 Å². The lowest BCUT2D eigenvalue weighted by Crippen LogP contribution is -2.49. The number of hydrogen-bond donors (Lipinski definition) is 0. The lowest BCUT2D eigenvalue weighted by molar-refractivity contribution is -0.128. The number of ketones is 1. The Kier molecular flexibility index (Phi) is 7.19. The molecule has 1 aromatic carbocycles. The Balaban J connectivity index is 1.80. The van der Waals surface area contributed by atoms with Crippen molar-refractivity contribution in [3.63, 3.8) is 0 Å². The highest BCUT2D eigenvalue weighted by Gasteiger charge is 2.46. The van der Waals surface area contributed by atoms with Crippen LogP contribution < -0.4 is 4.74 Å². The SMILES string of the molecule is CC(C)(C)C1=CC23CCc4cc(C(C)(C)C)cc(c4O2)CCCCCCCCCCC(=C1)C3=O. The van der Waals surface area contributed by atoms with Gasteiger partial charge in [-0.05, 0) is 71.3 Å². The zero-order chi connectivity index (χ0) is 24.6. The fraction of sp³-hybridized carbons (Fsp3) is 0.656. The second kappa shape index (κ2) is 9.67. The Morgan fingerprint density at radius 2 is 1.29 bits per heavy atom. The molecule has 3 aliphatic rings. The Morgan fingerprint density at radius 3 is 1.88 bits per heavy atom. The third-order valence-electron chi connectivity index (χ3n) is 8.06. The summed E-state index contributed by atoms with van der Waals surface area (Å²) in [6.45, 7) is 13.6. The van der Waals surface area contributed by atoms with E-state index < -0.39 is 5.60 Å². The van der Waals surface area contributed by atoms with Crippen molar-refractivity contribution in [2.75, 3.05) is 0 Å². The van der Waals surface area contributed by atoms with Gasteiger partial charge in [0.05, 0.1) is 0 Å². The van der Waals surface area contributed by atoms with E-state index in [1.165, 1.54) is 67.2 Å². The minimum atomic E-state index is -0.839. The van der Waals surface area contributed by atoms with Crippen molar-refractivity contribution in [2.24, 2.45) is 5.41 Å². The number of aryl methyl sites for hydroxylation is 2. The lowest BCUT2D eigenvalue weighted by Gasteiger charge is -2.41. The van der Waals surface area contributed by atoms with E-state index in [-0.39, 0.29) is 16.6 Å². The van der Waals surface area contributed by atoms with Crippen LogP contribution in [0.2, 0.25) is 0 Å². The molecule has 2 aliphatic heterocycles. The smallest absolute Gasteiger partial charge is 0.206 e. The monoisotopic (exact) mass is 462 g/mol. The molecule has 1 aliphatic carbocycles. The number of fused-ring (bicyclic) bond motifs is 1. The zero-order valence-corrected chi connectivity index (χ0v) is 22.6. The number of Topliss-reactive ketones (excluding diaryl/α,β-unsaturated/α-hetero) is 1. The van der Waals surface area contributed by atoms with Crippen LogP contribution in [0.1, 0.15) is 122 Å². The van der Waals surface area contributed by atoms with Crippen LogP contribution in [0.15, 0.2) is 35.4 Å². The number of ether oxygens (including phenoxy) is 1. The van der Waals surface area contributed by atoms with Gasteiger partial charge in [0.1, 0.15) is 5.75 Å². The number of carbonyl (C=O) groups is 1. The van der Waals surface area contributed by atoms with Gasteiger partial charge in [0.25, 0.3) is 0 Å². The van der Waals surface area contributed by atoms with E-state index >= 15 is 0 Å². The molecule has 2 nitrogen and oxygen atoms in total. The summed E-state index contributed by atoms with van der Waals surface area (Å²) in [6, 6.07) is 4.72. The largest absolute Gasteiger partial charge is 0.474 e. The molecule has 0 amide bonds. The molecule has 0 saturated heterocycles. The molecule has 0 aromatic heterocycles. The van der Waals surface area contributed by atoms with Gasteiger partial charge in [-0.1, -0.05) is 98.3 Å². The fourth-order valence-electron chi connectivity index (χ4n) is 5.70. The first-order valence-corrected chi connectivity index (χ1v) is 13.8. The lowest BCUT2D eigenvalue weighted by atomic mass is 9.72. The van der Waals surface area contributed by atoms with Gasteiger partial charge in [-0.2, -0.15) is 0 Å². The van der Waals surface area contributed by atoms with Crippen LogP contribution in [0.4, 0.5) is 0 Å². The van der Waals surface area contributed by atoms with Crippen LogP contribution in [0.3, 0.4) is 0 Å². The Morgan fingerprint density at radius 1 is 0.735 bits per heavy atom.